The molecule has 6 nitrogen and oxygen atoms in total. The fourth-order valence-electron chi connectivity index (χ4n) is 4.03. The van der Waals surface area contributed by atoms with Gasteiger partial charge in [-0.15, -0.1) is 0 Å². The lowest BCUT2D eigenvalue weighted by Crippen LogP contribution is -2.43. The Morgan fingerprint density at radius 3 is 2.43 bits per heavy atom. The van der Waals surface area contributed by atoms with Crippen molar-refractivity contribution >= 4 is 21.6 Å². The van der Waals surface area contributed by atoms with E-state index in [0.717, 1.165) is 36.9 Å². The number of amides is 1. The number of sulfonamides is 1. The van der Waals surface area contributed by atoms with Gasteiger partial charge in [0.2, 0.25) is 10.0 Å². The molecule has 0 saturated carbocycles. The van der Waals surface area contributed by atoms with Gasteiger partial charge in [0.05, 0.1) is 4.90 Å². The first-order valence-electron chi connectivity index (χ1n) is 10.2. The number of rotatable bonds is 5. The number of aryl methyl sites for hydroxylation is 1. The second-order valence-corrected chi connectivity index (χ2v) is 9.65. The molecule has 0 aliphatic carbocycles. The van der Waals surface area contributed by atoms with Crippen LogP contribution in [0.25, 0.3) is 0 Å². The first-order valence-corrected chi connectivity index (χ1v) is 11.7. The van der Waals surface area contributed by atoms with Crippen molar-refractivity contribution < 1.29 is 22.3 Å². The standard InChI is InChI=1S/C22H25FN2O4S/c1-16(29-19-8-6-18(23)7-9-19)22(26)25-14-4-5-17-15-20(10-11-21(17)25)30(27,28)24-12-2-3-13-24/h6-11,15-16H,2-5,12-14H2,1H3/t16-/m0/s1. The molecule has 0 radical (unpaired) electrons. The zero-order valence-corrected chi connectivity index (χ0v) is 17.7. The highest BCUT2D eigenvalue weighted by Gasteiger charge is 2.31. The lowest BCUT2D eigenvalue weighted by Gasteiger charge is -2.32. The quantitative estimate of drug-likeness (QED) is 0.727. The Bertz CT molecular complexity index is 1030. The molecule has 0 aromatic heterocycles. The zero-order valence-electron chi connectivity index (χ0n) is 16.9. The Hall–Kier alpha value is -2.45. The topological polar surface area (TPSA) is 66.9 Å². The minimum atomic E-state index is -3.50. The van der Waals surface area contributed by atoms with E-state index < -0.39 is 16.1 Å². The van der Waals surface area contributed by atoms with Crippen LogP contribution < -0.4 is 9.64 Å². The molecule has 2 aromatic carbocycles. The van der Waals surface area contributed by atoms with E-state index in [1.54, 1.807) is 30.0 Å². The third kappa shape index (κ3) is 4.06. The molecule has 8 heteroatoms. The van der Waals surface area contributed by atoms with Gasteiger partial charge in [-0.25, -0.2) is 12.8 Å². The summed E-state index contributed by atoms with van der Waals surface area (Å²) >= 11 is 0. The Balaban J connectivity index is 1.54. The molecule has 4 rings (SSSR count). The predicted molar refractivity (Wildman–Crippen MR) is 112 cm³/mol. The first-order chi connectivity index (χ1) is 14.4. The molecule has 2 heterocycles. The van der Waals surface area contributed by atoms with Gasteiger partial charge in [-0.1, -0.05) is 0 Å². The smallest absolute Gasteiger partial charge is 0.267 e. The molecular formula is C22H25FN2O4S. The number of benzene rings is 2. The number of carbonyl (C=O) groups is 1. The van der Waals surface area contributed by atoms with Gasteiger partial charge in [-0.3, -0.25) is 4.79 Å². The summed E-state index contributed by atoms with van der Waals surface area (Å²) in [6.45, 7) is 3.32. The van der Waals surface area contributed by atoms with E-state index in [0.29, 0.717) is 25.4 Å². The molecule has 1 fully saturated rings. The predicted octanol–water partition coefficient (Wildman–Crippen LogP) is 3.36. The number of anilines is 1. The van der Waals surface area contributed by atoms with Gasteiger partial charge in [0.1, 0.15) is 11.6 Å². The molecule has 1 atom stereocenters. The maximum absolute atomic E-state index is 13.1. The summed E-state index contributed by atoms with van der Waals surface area (Å²) in [5.41, 5.74) is 1.57. The van der Waals surface area contributed by atoms with E-state index in [1.165, 1.54) is 28.6 Å². The molecule has 160 valence electrons. The molecule has 0 spiro atoms. The molecule has 30 heavy (non-hydrogen) atoms. The highest BCUT2D eigenvalue weighted by Crippen LogP contribution is 2.32. The number of hydrogen-bond donors (Lipinski definition) is 0. The van der Waals surface area contributed by atoms with Gasteiger partial charge in [-0.05, 0) is 80.6 Å². The Labute approximate surface area is 176 Å². The van der Waals surface area contributed by atoms with Crippen molar-refractivity contribution in [2.24, 2.45) is 0 Å². The minimum Gasteiger partial charge on any atom is -0.481 e. The highest BCUT2D eigenvalue weighted by atomic mass is 32.2. The van der Waals surface area contributed by atoms with Crippen molar-refractivity contribution in [2.75, 3.05) is 24.5 Å². The third-order valence-corrected chi connectivity index (χ3v) is 7.51. The minimum absolute atomic E-state index is 0.213. The summed E-state index contributed by atoms with van der Waals surface area (Å²) in [6.07, 6.45) is 2.48. The largest absolute Gasteiger partial charge is 0.481 e. The Kier molecular flexibility index (Phi) is 5.79. The van der Waals surface area contributed by atoms with Crippen LogP contribution in [0.2, 0.25) is 0 Å². The van der Waals surface area contributed by atoms with Crippen LogP contribution in [-0.4, -0.2) is 44.4 Å². The average molecular weight is 433 g/mol. The number of ether oxygens (including phenoxy) is 1. The zero-order chi connectivity index (χ0) is 21.3. The SMILES string of the molecule is C[C@H](Oc1ccc(F)cc1)C(=O)N1CCCc2cc(S(=O)(=O)N3CCCC3)ccc21. The van der Waals surface area contributed by atoms with E-state index in [2.05, 4.69) is 0 Å². The molecule has 2 aliphatic rings. The summed E-state index contributed by atoms with van der Waals surface area (Å²) < 4.78 is 46.0. The summed E-state index contributed by atoms with van der Waals surface area (Å²) in [5.74, 6) is -0.164. The van der Waals surface area contributed by atoms with Crippen molar-refractivity contribution in [3.63, 3.8) is 0 Å². The average Bonchev–Trinajstić information content (AvgIpc) is 3.30. The van der Waals surface area contributed by atoms with Crippen LogP contribution in [0.1, 0.15) is 31.7 Å². The molecule has 2 aliphatic heterocycles. The van der Waals surface area contributed by atoms with E-state index in [4.69, 9.17) is 4.74 Å². The van der Waals surface area contributed by atoms with Crippen molar-refractivity contribution in [1.82, 2.24) is 4.31 Å². The summed E-state index contributed by atoms with van der Waals surface area (Å²) in [4.78, 5) is 15.0. The second-order valence-electron chi connectivity index (χ2n) is 7.71. The van der Waals surface area contributed by atoms with Gasteiger partial charge in [0, 0.05) is 25.3 Å². The van der Waals surface area contributed by atoms with Gasteiger partial charge in [0.25, 0.3) is 5.91 Å². The lowest BCUT2D eigenvalue weighted by atomic mass is 10.0. The number of fused-ring (bicyclic) bond motifs is 1. The number of hydrogen-bond acceptors (Lipinski definition) is 4. The Morgan fingerprint density at radius 2 is 1.73 bits per heavy atom. The van der Waals surface area contributed by atoms with Crippen LogP contribution in [-0.2, 0) is 21.2 Å². The van der Waals surface area contributed by atoms with E-state index in [9.17, 15) is 17.6 Å². The van der Waals surface area contributed by atoms with Crippen molar-refractivity contribution in [1.29, 1.82) is 0 Å². The van der Waals surface area contributed by atoms with Crippen LogP contribution >= 0.6 is 0 Å². The van der Waals surface area contributed by atoms with E-state index >= 15 is 0 Å². The maximum atomic E-state index is 13.1. The first kappa shape index (κ1) is 20.8. The number of carbonyl (C=O) groups excluding carboxylic acids is 1. The molecule has 0 bridgehead atoms. The second kappa shape index (κ2) is 8.35. The third-order valence-electron chi connectivity index (χ3n) is 5.61. The summed E-state index contributed by atoms with van der Waals surface area (Å²) in [5, 5.41) is 0. The van der Waals surface area contributed by atoms with Crippen LogP contribution in [0.3, 0.4) is 0 Å². The van der Waals surface area contributed by atoms with Gasteiger partial charge < -0.3 is 9.64 Å². The van der Waals surface area contributed by atoms with Crippen LogP contribution in [0, 0.1) is 5.82 Å². The highest BCUT2D eigenvalue weighted by molar-refractivity contribution is 7.89. The fraction of sp³-hybridized carbons (Fsp3) is 0.409. The summed E-state index contributed by atoms with van der Waals surface area (Å²) in [7, 11) is -3.50. The van der Waals surface area contributed by atoms with E-state index in [-0.39, 0.29) is 16.6 Å². The molecule has 1 saturated heterocycles. The number of nitrogens with zero attached hydrogens (tertiary/aromatic N) is 2. The van der Waals surface area contributed by atoms with Crippen LogP contribution in [0.15, 0.2) is 47.4 Å². The fourth-order valence-corrected chi connectivity index (χ4v) is 5.60. The lowest BCUT2D eigenvalue weighted by molar-refractivity contribution is -0.124. The number of halogens is 1. The van der Waals surface area contributed by atoms with Crippen LogP contribution in [0.5, 0.6) is 5.75 Å². The van der Waals surface area contributed by atoms with Gasteiger partial charge in [0.15, 0.2) is 6.10 Å². The molecule has 0 N–H and O–H groups in total. The molecule has 0 unspecified atom stereocenters. The van der Waals surface area contributed by atoms with Crippen LogP contribution in [0.4, 0.5) is 10.1 Å². The molecule has 2 aromatic rings. The van der Waals surface area contributed by atoms with Crippen molar-refractivity contribution in [3.8, 4) is 5.75 Å². The molecule has 1 amide bonds. The monoisotopic (exact) mass is 432 g/mol. The Morgan fingerprint density at radius 1 is 1.03 bits per heavy atom. The maximum Gasteiger partial charge on any atom is 0.267 e. The van der Waals surface area contributed by atoms with Crippen molar-refractivity contribution in [2.45, 2.75) is 43.6 Å². The van der Waals surface area contributed by atoms with E-state index in [1.807, 2.05) is 0 Å². The van der Waals surface area contributed by atoms with Gasteiger partial charge in [-0.2, -0.15) is 4.31 Å². The molecular weight excluding hydrogens is 407 g/mol. The summed E-state index contributed by atoms with van der Waals surface area (Å²) in [6, 6.07) is 10.5. The van der Waals surface area contributed by atoms with Gasteiger partial charge >= 0.3 is 0 Å². The normalized spacial score (nSPS) is 18.1. The van der Waals surface area contributed by atoms with Crippen molar-refractivity contribution in [3.05, 3.63) is 53.8 Å².